The van der Waals surface area contributed by atoms with Crippen LogP contribution in [0.25, 0.3) is 0 Å². The molecule has 0 spiro atoms. The first-order valence-electron chi connectivity index (χ1n) is 5.27. The zero-order chi connectivity index (χ0) is 11.1. The van der Waals surface area contributed by atoms with Crippen LogP contribution in [0.15, 0.2) is 24.3 Å². The van der Waals surface area contributed by atoms with Crippen molar-refractivity contribution in [1.82, 2.24) is 0 Å². The van der Waals surface area contributed by atoms with E-state index in [9.17, 15) is 4.79 Å². The van der Waals surface area contributed by atoms with Gasteiger partial charge in [-0.25, -0.2) is 0 Å². The molecular formula is C13H15NO. The van der Waals surface area contributed by atoms with Crippen LogP contribution in [0.5, 0.6) is 0 Å². The summed E-state index contributed by atoms with van der Waals surface area (Å²) >= 11 is 0. The molecule has 0 aliphatic carbocycles. The van der Waals surface area contributed by atoms with E-state index in [2.05, 4.69) is 6.92 Å². The molecule has 0 fully saturated rings. The molecule has 2 nitrogen and oxygen atoms in total. The van der Waals surface area contributed by atoms with Gasteiger partial charge in [-0.1, -0.05) is 37.6 Å². The average Bonchev–Trinajstić information content (AvgIpc) is 2.27. The summed E-state index contributed by atoms with van der Waals surface area (Å²) in [6.07, 6.45) is 2.79. The van der Waals surface area contributed by atoms with Crippen molar-refractivity contribution in [3.63, 3.8) is 0 Å². The van der Waals surface area contributed by atoms with Gasteiger partial charge in [-0.2, -0.15) is 5.26 Å². The van der Waals surface area contributed by atoms with Crippen LogP contribution < -0.4 is 0 Å². The first-order chi connectivity index (χ1) is 7.27. The molecule has 0 N–H and O–H groups in total. The normalized spacial score (nSPS) is 9.60. The third-order valence-corrected chi connectivity index (χ3v) is 2.28. The predicted molar refractivity (Wildman–Crippen MR) is 59.6 cm³/mol. The van der Waals surface area contributed by atoms with Crippen molar-refractivity contribution in [2.45, 2.75) is 32.6 Å². The molecule has 0 unspecified atom stereocenters. The lowest BCUT2D eigenvalue weighted by atomic mass is 10.0. The van der Waals surface area contributed by atoms with Crippen LogP contribution in [-0.4, -0.2) is 5.78 Å². The van der Waals surface area contributed by atoms with Gasteiger partial charge in [0.2, 0.25) is 0 Å². The predicted octanol–water partition coefficient (Wildman–Crippen LogP) is 3.13. The first kappa shape index (κ1) is 11.5. The van der Waals surface area contributed by atoms with Crippen molar-refractivity contribution in [2.24, 2.45) is 0 Å². The number of carbonyl (C=O) groups excluding carboxylic acids is 1. The minimum Gasteiger partial charge on any atom is -0.294 e. The number of aryl methyl sites for hydroxylation is 1. The van der Waals surface area contributed by atoms with Crippen LogP contribution in [0.4, 0.5) is 0 Å². The molecule has 2 heteroatoms. The van der Waals surface area contributed by atoms with Crippen molar-refractivity contribution < 1.29 is 4.79 Å². The number of benzene rings is 1. The Morgan fingerprint density at radius 2 is 2.00 bits per heavy atom. The van der Waals surface area contributed by atoms with Gasteiger partial charge in [0.25, 0.3) is 0 Å². The van der Waals surface area contributed by atoms with Gasteiger partial charge >= 0.3 is 0 Å². The van der Waals surface area contributed by atoms with Crippen molar-refractivity contribution in [3.05, 3.63) is 35.4 Å². The molecule has 1 aromatic rings. The molecule has 0 amide bonds. The van der Waals surface area contributed by atoms with Crippen LogP contribution in [0, 0.1) is 11.3 Å². The average molecular weight is 201 g/mol. The summed E-state index contributed by atoms with van der Waals surface area (Å²) in [6, 6.07) is 9.66. The van der Waals surface area contributed by atoms with Gasteiger partial charge in [0.15, 0.2) is 5.78 Å². The van der Waals surface area contributed by atoms with Crippen LogP contribution >= 0.6 is 0 Å². The van der Waals surface area contributed by atoms with Gasteiger partial charge in [0.1, 0.15) is 0 Å². The van der Waals surface area contributed by atoms with Crippen LogP contribution in [0.3, 0.4) is 0 Å². The summed E-state index contributed by atoms with van der Waals surface area (Å²) in [7, 11) is 0. The zero-order valence-corrected chi connectivity index (χ0v) is 8.99. The Bertz CT molecular complexity index is 359. The molecule has 0 aliphatic rings. The maximum Gasteiger partial charge on any atom is 0.163 e. The number of hydrogen-bond donors (Lipinski definition) is 0. The summed E-state index contributed by atoms with van der Waals surface area (Å²) in [4.78, 5) is 11.5. The second-order valence-corrected chi connectivity index (χ2v) is 3.53. The van der Waals surface area contributed by atoms with E-state index in [1.807, 2.05) is 30.3 Å². The quantitative estimate of drug-likeness (QED) is 0.687. The second-order valence-electron chi connectivity index (χ2n) is 3.53. The largest absolute Gasteiger partial charge is 0.294 e. The molecule has 0 atom stereocenters. The summed E-state index contributed by atoms with van der Waals surface area (Å²) in [5.74, 6) is 0.0552. The fourth-order valence-corrected chi connectivity index (χ4v) is 1.46. The molecule has 1 rings (SSSR count). The SMILES string of the molecule is CCCc1ccc(C(=O)CCC#N)cc1. The highest BCUT2D eigenvalue weighted by Crippen LogP contribution is 2.09. The minimum atomic E-state index is 0.0552. The van der Waals surface area contributed by atoms with Gasteiger partial charge < -0.3 is 0 Å². The van der Waals surface area contributed by atoms with E-state index >= 15 is 0 Å². The van der Waals surface area contributed by atoms with E-state index in [0.717, 1.165) is 12.8 Å². The molecule has 0 radical (unpaired) electrons. The van der Waals surface area contributed by atoms with E-state index in [-0.39, 0.29) is 5.78 Å². The molecule has 0 saturated heterocycles. The van der Waals surface area contributed by atoms with E-state index in [1.165, 1.54) is 5.56 Å². The van der Waals surface area contributed by atoms with E-state index in [1.54, 1.807) is 0 Å². The number of Topliss-reactive ketones (excluding diaryl/α,β-unsaturated/α-hetero) is 1. The number of hydrogen-bond acceptors (Lipinski definition) is 2. The summed E-state index contributed by atoms with van der Waals surface area (Å²) in [6.45, 7) is 2.13. The Labute approximate surface area is 90.5 Å². The Balaban J connectivity index is 2.63. The molecule has 78 valence electrons. The summed E-state index contributed by atoms with van der Waals surface area (Å²) < 4.78 is 0. The Kier molecular flexibility index (Phi) is 4.56. The van der Waals surface area contributed by atoms with Crippen molar-refractivity contribution in [3.8, 4) is 6.07 Å². The molecule has 0 heterocycles. The van der Waals surface area contributed by atoms with Gasteiger partial charge in [-0.15, -0.1) is 0 Å². The monoisotopic (exact) mass is 201 g/mol. The maximum absolute atomic E-state index is 11.5. The van der Waals surface area contributed by atoms with Gasteiger partial charge in [-0.3, -0.25) is 4.79 Å². The van der Waals surface area contributed by atoms with Gasteiger partial charge in [-0.05, 0) is 12.0 Å². The topological polar surface area (TPSA) is 40.9 Å². The van der Waals surface area contributed by atoms with E-state index in [4.69, 9.17) is 5.26 Å². The standard InChI is InChI=1S/C13H15NO/c1-2-4-11-6-8-12(9-7-11)13(15)5-3-10-14/h6-9H,2-5H2,1H3. The highest BCUT2D eigenvalue weighted by atomic mass is 16.1. The van der Waals surface area contributed by atoms with Crippen LogP contribution in [0.1, 0.15) is 42.1 Å². The maximum atomic E-state index is 11.5. The van der Waals surface area contributed by atoms with E-state index in [0.29, 0.717) is 18.4 Å². The van der Waals surface area contributed by atoms with Gasteiger partial charge in [0.05, 0.1) is 6.07 Å². The highest BCUT2D eigenvalue weighted by Gasteiger charge is 2.04. The van der Waals surface area contributed by atoms with Crippen molar-refractivity contribution in [1.29, 1.82) is 5.26 Å². The molecule has 15 heavy (non-hydrogen) atoms. The lowest BCUT2D eigenvalue weighted by Crippen LogP contribution is -1.98. The van der Waals surface area contributed by atoms with Crippen LogP contribution in [0.2, 0.25) is 0 Å². The Morgan fingerprint density at radius 3 is 2.53 bits per heavy atom. The third-order valence-electron chi connectivity index (χ3n) is 2.28. The lowest BCUT2D eigenvalue weighted by molar-refractivity contribution is 0.0984. The fraction of sp³-hybridized carbons (Fsp3) is 0.385. The number of nitriles is 1. The first-order valence-corrected chi connectivity index (χ1v) is 5.27. The van der Waals surface area contributed by atoms with E-state index < -0.39 is 0 Å². The minimum absolute atomic E-state index is 0.0552. The number of rotatable bonds is 5. The number of nitrogens with zero attached hydrogens (tertiary/aromatic N) is 1. The molecule has 0 aliphatic heterocycles. The highest BCUT2D eigenvalue weighted by molar-refractivity contribution is 5.96. The molecular weight excluding hydrogens is 186 g/mol. The zero-order valence-electron chi connectivity index (χ0n) is 8.99. The fourth-order valence-electron chi connectivity index (χ4n) is 1.46. The summed E-state index contributed by atoms with van der Waals surface area (Å²) in [5.41, 5.74) is 1.97. The van der Waals surface area contributed by atoms with Crippen LogP contribution in [-0.2, 0) is 6.42 Å². The van der Waals surface area contributed by atoms with Crippen molar-refractivity contribution >= 4 is 5.78 Å². The third kappa shape index (κ3) is 3.55. The molecule has 0 aromatic heterocycles. The Hall–Kier alpha value is -1.62. The molecule has 0 bridgehead atoms. The number of carbonyl (C=O) groups is 1. The molecule has 1 aromatic carbocycles. The summed E-state index contributed by atoms with van der Waals surface area (Å²) in [5, 5.41) is 8.37. The Morgan fingerprint density at radius 1 is 1.33 bits per heavy atom. The molecule has 0 saturated carbocycles. The van der Waals surface area contributed by atoms with Crippen molar-refractivity contribution in [2.75, 3.05) is 0 Å². The number of ketones is 1. The smallest absolute Gasteiger partial charge is 0.163 e. The van der Waals surface area contributed by atoms with Gasteiger partial charge in [0, 0.05) is 18.4 Å². The second kappa shape index (κ2) is 5.98. The lowest BCUT2D eigenvalue weighted by Gasteiger charge is -2.01.